The highest BCUT2D eigenvalue weighted by Gasteiger charge is 2.27. The third-order valence-electron chi connectivity index (χ3n) is 5.84. The van der Waals surface area contributed by atoms with Crippen LogP contribution in [0.1, 0.15) is 35.6 Å². The Balaban J connectivity index is 1.63. The number of ether oxygens (including phenoxy) is 4. The topological polar surface area (TPSA) is 73.3 Å². The number of benzene rings is 2. The Morgan fingerprint density at radius 2 is 1.75 bits per heavy atom. The van der Waals surface area contributed by atoms with Crippen LogP contribution in [0.25, 0.3) is 0 Å². The average Bonchev–Trinajstić information content (AvgIpc) is 2.84. The first-order chi connectivity index (χ1) is 15.6. The van der Waals surface area contributed by atoms with Crippen molar-refractivity contribution in [3.05, 3.63) is 53.1 Å². The van der Waals surface area contributed by atoms with Crippen LogP contribution in [-0.2, 0) is 11.3 Å². The Labute approximate surface area is 191 Å². The summed E-state index contributed by atoms with van der Waals surface area (Å²) >= 11 is 0. The van der Waals surface area contributed by atoms with Gasteiger partial charge in [-0.15, -0.1) is 0 Å². The maximum Gasteiger partial charge on any atom is 0.203 e. The molecule has 1 fully saturated rings. The van der Waals surface area contributed by atoms with Gasteiger partial charge in [-0.25, -0.2) is 0 Å². The van der Waals surface area contributed by atoms with Gasteiger partial charge in [-0.3, -0.25) is 4.99 Å². The molecule has 1 aliphatic rings. The lowest BCUT2D eigenvalue weighted by atomic mass is 9.89. The zero-order valence-electron chi connectivity index (χ0n) is 19.7. The van der Waals surface area contributed by atoms with Crippen molar-refractivity contribution in [3.63, 3.8) is 0 Å². The highest BCUT2D eigenvalue weighted by Crippen LogP contribution is 2.39. The Kier molecular flexibility index (Phi) is 8.62. The van der Waals surface area contributed by atoms with Crippen LogP contribution in [0.2, 0.25) is 0 Å². The number of guanidine groups is 1. The first-order valence-electron chi connectivity index (χ1n) is 11.0. The number of hydrogen-bond donors (Lipinski definition) is 2. The minimum Gasteiger partial charge on any atom is -0.493 e. The van der Waals surface area contributed by atoms with E-state index in [4.69, 9.17) is 18.9 Å². The number of nitrogens with zero attached hydrogens (tertiary/aromatic N) is 1. The van der Waals surface area contributed by atoms with Crippen molar-refractivity contribution in [2.45, 2.75) is 32.4 Å². The number of methoxy groups -OCH3 is 3. The molecule has 0 bridgehead atoms. The van der Waals surface area contributed by atoms with E-state index in [1.54, 1.807) is 28.4 Å². The van der Waals surface area contributed by atoms with E-state index in [2.05, 4.69) is 46.8 Å². The van der Waals surface area contributed by atoms with Gasteiger partial charge in [-0.2, -0.15) is 0 Å². The van der Waals surface area contributed by atoms with E-state index in [0.717, 1.165) is 37.5 Å². The summed E-state index contributed by atoms with van der Waals surface area (Å²) < 4.78 is 22.6. The Hall–Kier alpha value is -2.93. The van der Waals surface area contributed by atoms with Crippen molar-refractivity contribution in [2.24, 2.45) is 10.9 Å². The van der Waals surface area contributed by atoms with Gasteiger partial charge >= 0.3 is 0 Å². The van der Waals surface area contributed by atoms with Crippen LogP contribution in [0.4, 0.5) is 0 Å². The third kappa shape index (κ3) is 5.65. The van der Waals surface area contributed by atoms with Crippen LogP contribution in [0, 0.1) is 12.8 Å². The molecular formula is C25H35N3O4. The molecule has 2 atom stereocenters. The lowest BCUT2D eigenvalue weighted by Gasteiger charge is -2.32. The second kappa shape index (κ2) is 11.6. The molecule has 1 aliphatic heterocycles. The van der Waals surface area contributed by atoms with Crippen LogP contribution in [0.3, 0.4) is 0 Å². The molecule has 2 N–H and O–H groups in total. The number of nitrogens with one attached hydrogen (secondary N) is 2. The van der Waals surface area contributed by atoms with E-state index >= 15 is 0 Å². The van der Waals surface area contributed by atoms with E-state index in [-0.39, 0.29) is 6.10 Å². The summed E-state index contributed by atoms with van der Waals surface area (Å²) in [5.41, 5.74) is 3.45. The fraction of sp³-hybridized carbons (Fsp3) is 0.480. The van der Waals surface area contributed by atoms with Crippen molar-refractivity contribution < 1.29 is 18.9 Å². The van der Waals surface area contributed by atoms with Gasteiger partial charge < -0.3 is 29.6 Å². The quantitative estimate of drug-likeness (QED) is 0.479. The van der Waals surface area contributed by atoms with Crippen molar-refractivity contribution in [2.75, 3.05) is 41.5 Å². The maximum absolute atomic E-state index is 6.15. The minimum atomic E-state index is 0.0981. The molecule has 174 valence electrons. The van der Waals surface area contributed by atoms with E-state index < -0.39 is 0 Å². The second-order valence-corrected chi connectivity index (χ2v) is 7.90. The van der Waals surface area contributed by atoms with Gasteiger partial charge in [0.2, 0.25) is 5.75 Å². The van der Waals surface area contributed by atoms with Crippen molar-refractivity contribution in [1.29, 1.82) is 0 Å². The molecule has 7 nitrogen and oxygen atoms in total. The summed E-state index contributed by atoms with van der Waals surface area (Å²) in [5, 5.41) is 6.84. The number of aliphatic imine (C=N–C) groups is 1. The van der Waals surface area contributed by atoms with E-state index in [9.17, 15) is 0 Å². The lowest BCUT2D eigenvalue weighted by Crippen LogP contribution is -2.41. The highest BCUT2D eigenvalue weighted by atomic mass is 16.5. The SMILES string of the molecule is CN=C(NCc1ccc(OC)c(OC)c1OC)NCC1CCCOC1c1ccc(C)cc1. The molecule has 0 aliphatic carbocycles. The van der Waals surface area contributed by atoms with Gasteiger partial charge in [-0.05, 0) is 37.5 Å². The van der Waals surface area contributed by atoms with Crippen molar-refractivity contribution >= 4 is 5.96 Å². The normalized spacial score (nSPS) is 18.7. The monoisotopic (exact) mass is 441 g/mol. The molecule has 0 amide bonds. The molecule has 2 aromatic carbocycles. The molecule has 7 heteroatoms. The molecule has 32 heavy (non-hydrogen) atoms. The smallest absolute Gasteiger partial charge is 0.203 e. The Bertz CT molecular complexity index is 899. The molecule has 0 radical (unpaired) electrons. The predicted octanol–water partition coefficient (Wildman–Crippen LogP) is 3.85. The van der Waals surface area contributed by atoms with E-state index in [0.29, 0.717) is 29.7 Å². The Morgan fingerprint density at radius 3 is 2.41 bits per heavy atom. The van der Waals surface area contributed by atoms with Crippen LogP contribution in [-0.4, -0.2) is 47.5 Å². The molecule has 0 aromatic heterocycles. The number of rotatable bonds is 8. The molecular weight excluding hydrogens is 406 g/mol. The van der Waals surface area contributed by atoms with Gasteiger partial charge in [0.25, 0.3) is 0 Å². The first kappa shape index (κ1) is 23.7. The molecule has 1 heterocycles. The fourth-order valence-electron chi connectivity index (χ4n) is 4.11. The summed E-state index contributed by atoms with van der Waals surface area (Å²) in [6, 6.07) is 12.5. The van der Waals surface area contributed by atoms with E-state index in [1.165, 1.54) is 11.1 Å². The zero-order valence-corrected chi connectivity index (χ0v) is 19.7. The molecule has 2 aromatic rings. The maximum atomic E-state index is 6.15. The summed E-state index contributed by atoms with van der Waals surface area (Å²) in [6.45, 7) is 4.22. The summed E-state index contributed by atoms with van der Waals surface area (Å²) in [5.74, 6) is 2.97. The largest absolute Gasteiger partial charge is 0.493 e. The van der Waals surface area contributed by atoms with Crippen molar-refractivity contribution in [1.82, 2.24) is 10.6 Å². The van der Waals surface area contributed by atoms with Gasteiger partial charge in [0.05, 0.1) is 27.4 Å². The van der Waals surface area contributed by atoms with Gasteiger partial charge in [0.15, 0.2) is 17.5 Å². The lowest BCUT2D eigenvalue weighted by molar-refractivity contribution is -0.0265. The second-order valence-electron chi connectivity index (χ2n) is 7.90. The zero-order chi connectivity index (χ0) is 22.9. The summed E-state index contributed by atoms with van der Waals surface area (Å²) in [7, 11) is 6.62. The number of aryl methyl sites for hydroxylation is 1. The van der Waals surface area contributed by atoms with Crippen LogP contribution >= 0.6 is 0 Å². The van der Waals surface area contributed by atoms with Gasteiger partial charge in [0, 0.05) is 38.2 Å². The highest BCUT2D eigenvalue weighted by molar-refractivity contribution is 5.79. The molecule has 0 spiro atoms. The predicted molar refractivity (Wildman–Crippen MR) is 127 cm³/mol. The van der Waals surface area contributed by atoms with Gasteiger partial charge in [0.1, 0.15) is 0 Å². The Morgan fingerprint density at radius 1 is 1.00 bits per heavy atom. The fourth-order valence-corrected chi connectivity index (χ4v) is 4.11. The minimum absolute atomic E-state index is 0.0981. The summed E-state index contributed by atoms with van der Waals surface area (Å²) in [6.07, 6.45) is 2.29. The first-order valence-corrected chi connectivity index (χ1v) is 11.0. The molecule has 1 saturated heterocycles. The number of hydrogen-bond acceptors (Lipinski definition) is 5. The van der Waals surface area contributed by atoms with Crippen LogP contribution < -0.4 is 24.8 Å². The molecule has 3 rings (SSSR count). The van der Waals surface area contributed by atoms with Crippen molar-refractivity contribution in [3.8, 4) is 17.2 Å². The summed E-state index contributed by atoms with van der Waals surface area (Å²) in [4.78, 5) is 4.39. The van der Waals surface area contributed by atoms with E-state index in [1.807, 2.05) is 12.1 Å². The third-order valence-corrected chi connectivity index (χ3v) is 5.84. The van der Waals surface area contributed by atoms with Crippen LogP contribution in [0.5, 0.6) is 17.2 Å². The standard InChI is InChI=1S/C25H35N3O4/c1-17-8-10-18(11-9-17)22-19(7-6-14-32-22)15-27-25(26-2)28-16-20-12-13-21(29-3)24(31-5)23(20)30-4/h8-13,19,22H,6-7,14-16H2,1-5H3,(H2,26,27,28). The molecule has 2 unspecified atom stereocenters. The average molecular weight is 442 g/mol. The van der Waals surface area contributed by atoms with Gasteiger partial charge in [-0.1, -0.05) is 29.8 Å². The molecule has 0 saturated carbocycles. The van der Waals surface area contributed by atoms with Crippen LogP contribution in [0.15, 0.2) is 41.4 Å².